The zero-order valence-corrected chi connectivity index (χ0v) is 14.6. The molecular formula is C16H19N3O2S2. The maximum atomic E-state index is 12.1. The highest BCUT2D eigenvalue weighted by atomic mass is 32.2. The average Bonchev–Trinajstić information content (AvgIpc) is 2.97. The lowest BCUT2D eigenvalue weighted by molar-refractivity contribution is -0.116. The molecule has 1 heterocycles. The van der Waals surface area contributed by atoms with Gasteiger partial charge in [-0.25, -0.2) is 0 Å². The summed E-state index contributed by atoms with van der Waals surface area (Å²) < 4.78 is 0. The molecule has 1 fully saturated rings. The van der Waals surface area contributed by atoms with Crippen LogP contribution in [0.15, 0.2) is 29.2 Å². The van der Waals surface area contributed by atoms with Gasteiger partial charge in [0.2, 0.25) is 5.91 Å². The Hall–Kier alpha value is -1.65. The second kappa shape index (κ2) is 8.85. The van der Waals surface area contributed by atoms with E-state index in [9.17, 15) is 9.59 Å². The zero-order chi connectivity index (χ0) is 16.7. The standard InChI is InChI=1S/C16H19N3O2S2/c1-12(10-17)11-23-14-5-3-2-4-13(14)18-15(20)6-7-19-8-9-22-16(19)21/h2-5,12H,6-9,11H2,1H3,(H,18,20). The first-order valence-corrected chi connectivity index (χ1v) is 9.40. The third kappa shape index (κ3) is 5.48. The molecule has 2 amide bonds. The van der Waals surface area contributed by atoms with Crippen molar-refractivity contribution >= 4 is 40.4 Å². The number of benzene rings is 1. The maximum absolute atomic E-state index is 12.1. The lowest BCUT2D eigenvalue weighted by atomic mass is 10.3. The van der Waals surface area contributed by atoms with Crippen LogP contribution in [-0.2, 0) is 4.79 Å². The largest absolute Gasteiger partial charge is 0.332 e. The van der Waals surface area contributed by atoms with Gasteiger partial charge in [-0.2, -0.15) is 5.26 Å². The van der Waals surface area contributed by atoms with Crippen molar-refractivity contribution in [2.45, 2.75) is 18.2 Å². The molecule has 23 heavy (non-hydrogen) atoms. The molecule has 122 valence electrons. The molecule has 1 N–H and O–H groups in total. The highest BCUT2D eigenvalue weighted by Crippen LogP contribution is 2.28. The van der Waals surface area contributed by atoms with Crippen LogP contribution in [0.1, 0.15) is 13.3 Å². The molecule has 1 aliphatic heterocycles. The molecule has 1 aromatic carbocycles. The van der Waals surface area contributed by atoms with E-state index in [4.69, 9.17) is 5.26 Å². The lowest BCUT2D eigenvalue weighted by Crippen LogP contribution is -2.27. The Kier molecular flexibility index (Phi) is 6.81. The molecule has 1 saturated heterocycles. The number of hydrogen-bond donors (Lipinski definition) is 1. The molecule has 0 aliphatic carbocycles. The Morgan fingerprint density at radius 3 is 3.00 bits per heavy atom. The number of carbonyl (C=O) groups excluding carboxylic acids is 2. The summed E-state index contributed by atoms with van der Waals surface area (Å²) in [4.78, 5) is 26.3. The van der Waals surface area contributed by atoms with Gasteiger partial charge in [0.25, 0.3) is 5.24 Å². The van der Waals surface area contributed by atoms with Gasteiger partial charge in [-0.15, -0.1) is 11.8 Å². The van der Waals surface area contributed by atoms with Crippen LogP contribution >= 0.6 is 23.5 Å². The van der Waals surface area contributed by atoms with E-state index in [0.717, 1.165) is 22.9 Å². The van der Waals surface area contributed by atoms with Gasteiger partial charge in [0.05, 0.1) is 17.7 Å². The van der Waals surface area contributed by atoms with E-state index in [2.05, 4.69) is 11.4 Å². The fraction of sp³-hybridized carbons (Fsp3) is 0.438. The molecule has 1 aliphatic rings. The monoisotopic (exact) mass is 349 g/mol. The molecule has 1 atom stereocenters. The summed E-state index contributed by atoms with van der Waals surface area (Å²) in [6.07, 6.45) is 0.292. The predicted molar refractivity (Wildman–Crippen MR) is 94.6 cm³/mol. The van der Waals surface area contributed by atoms with Crippen LogP contribution in [-0.4, -0.2) is 40.6 Å². The van der Waals surface area contributed by atoms with Gasteiger partial charge in [0, 0.05) is 35.9 Å². The number of hydrogen-bond acceptors (Lipinski definition) is 5. The van der Waals surface area contributed by atoms with Gasteiger partial charge in [-0.3, -0.25) is 9.59 Å². The van der Waals surface area contributed by atoms with Crippen LogP contribution in [0.2, 0.25) is 0 Å². The van der Waals surface area contributed by atoms with E-state index in [-0.39, 0.29) is 17.1 Å². The van der Waals surface area contributed by atoms with E-state index >= 15 is 0 Å². The first-order valence-electron chi connectivity index (χ1n) is 7.43. The van der Waals surface area contributed by atoms with E-state index in [1.165, 1.54) is 11.8 Å². The number of nitrogens with zero attached hydrogens (tertiary/aromatic N) is 2. The molecule has 0 saturated carbocycles. The summed E-state index contributed by atoms with van der Waals surface area (Å²) in [6.45, 7) is 3.05. The van der Waals surface area contributed by atoms with Crippen molar-refractivity contribution in [2.24, 2.45) is 5.92 Å². The number of para-hydroxylation sites is 1. The van der Waals surface area contributed by atoms with Crippen LogP contribution < -0.4 is 5.32 Å². The van der Waals surface area contributed by atoms with Gasteiger partial charge in [0.1, 0.15) is 0 Å². The smallest absolute Gasteiger partial charge is 0.281 e. The van der Waals surface area contributed by atoms with Gasteiger partial charge in [-0.05, 0) is 19.1 Å². The third-order valence-corrected chi connectivity index (χ3v) is 5.55. The quantitative estimate of drug-likeness (QED) is 0.763. The number of anilines is 1. The van der Waals surface area contributed by atoms with Gasteiger partial charge in [0.15, 0.2) is 0 Å². The fourth-order valence-electron chi connectivity index (χ4n) is 2.03. The maximum Gasteiger partial charge on any atom is 0.281 e. The molecule has 0 bridgehead atoms. The molecule has 0 spiro atoms. The van der Waals surface area contributed by atoms with Gasteiger partial charge >= 0.3 is 0 Å². The van der Waals surface area contributed by atoms with E-state index in [1.54, 1.807) is 16.7 Å². The minimum atomic E-state index is -0.101. The number of rotatable bonds is 7. The second-order valence-corrected chi connectivity index (χ2v) is 7.34. The van der Waals surface area contributed by atoms with Crippen LogP contribution in [0, 0.1) is 17.2 Å². The summed E-state index contributed by atoms with van der Waals surface area (Å²) >= 11 is 2.86. The van der Waals surface area contributed by atoms with E-state index < -0.39 is 0 Å². The highest BCUT2D eigenvalue weighted by molar-refractivity contribution is 8.13. The van der Waals surface area contributed by atoms with Gasteiger partial charge < -0.3 is 10.2 Å². The molecule has 1 aromatic rings. The van der Waals surface area contributed by atoms with E-state index in [1.807, 2.05) is 31.2 Å². The molecule has 7 heteroatoms. The summed E-state index contributed by atoms with van der Waals surface area (Å²) in [7, 11) is 0. The fourth-order valence-corrected chi connectivity index (χ4v) is 3.83. The Morgan fingerprint density at radius 1 is 1.52 bits per heavy atom. The number of amides is 2. The van der Waals surface area contributed by atoms with E-state index in [0.29, 0.717) is 18.7 Å². The minimum absolute atomic E-state index is 0.0394. The number of carbonyl (C=O) groups is 2. The molecule has 0 radical (unpaired) electrons. The Morgan fingerprint density at radius 2 is 2.30 bits per heavy atom. The zero-order valence-electron chi connectivity index (χ0n) is 12.9. The number of nitriles is 1. The van der Waals surface area contributed by atoms with Crippen LogP contribution in [0.5, 0.6) is 0 Å². The Labute approximate surface area is 144 Å². The minimum Gasteiger partial charge on any atom is -0.332 e. The van der Waals surface area contributed by atoms with Crippen molar-refractivity contribution < 1.29 is 9.59 Å². The number of thioether (sulfide) groups is 2. The highest BCUT2D eigenvalue weighted by Gasteiger charge is 2.21. The number of nitrogens with one attached hydrogen (secondary N) is 1. The van der Waals surface area contributed by atoms with Crippen molar-refractivity contribution in [1.82, 2.24) is 4.90 Å². The lowest BCUT2D eigenvalue weighted by Gasteiger charge is -2.15. The summed E-state index contributed by atoms with van der Waals surface area (Å²) in [5.41, 5.74) is 0.759. The predicted octanol–water partition coefficient (Wildman–Crippen LogP) is 3.44. The average molecular weight is 349 g/mol. The van der Waals surface area contributed by atoms with Crippen LogP contribution in [0.4, 0.5) is 10.5 Å². The van der Waals surface area contributed by atoms with Crippen molar-refractivity contribution in [3.63, 3.8) is 0 Å². The normalized spacial score (nSPS) is 15.3. The second-order valence-electron chi connectivity index (χ2n) is 5.24. The summed E-state index contributed by atoms with van der Waals surface area (Å²) in [5, 5.41) is 11.8. The molecule has 5 nitrogen and oxygen atoms in total. The van der Waals surface area contributed by atoms with Crippen LogP contribution in [0.25, 0.3) is 0 Å². The SMILES string of the molecule is CC(C#N)CSc1ccccc1NC(=O)CCN1CCSC1=O. The summed E-state index contributed by atoms with van der Waals surface area (Å²) in [5.74, 6) is 1.35. The topological polar surface area (TPSA) is 73.2 Å². The van der Waals surface area contributed by atoms with Gasteiger partial charge in [-0.1, -0.05) is 23.9 Å². The molecule has 0 aromatic heterocycles. The third-order valence-electron chi connectivity index (χ3n) is 3.32. The molecule has 2 rings (SSSR count). The first kappa shape index (κ1) is 17.7. The van der Waals surface area contributed by atoms with Crippen molar-refractivity contribution in [3.8, 4) is 6.07 Å². The first-order chi connectivity index (χ1) is 11.1. The Balaban J connectivity index is 1.87. The Bertz CT molecular complexity index is 616. The molecule has 1 unspecified atom stereocenters. The summed E-state index contributed by atoms with van der Waals surface area (Å²) in [6, 6.07) is 9.78. The van der Waals surface area contributed by atoms with Crippen molar-refractivity contribution in [3.05, 3.63) is 24.3 Å². The van der Waals surface area contributed by atoms with Crippen molar-refractivity contribution in [1.29, 1.82) is 5.26 Å². The van der Waals surface area contributed by atoms with Crippen molar-refractivity contribution in [2.75, 3.05) is 29.9 Å². The molecular weight excluding hydrogens is 330 g/mol. The van der Waals surface area contributed by atoms with Crippen LogP contribution in [0.3, 0.4) is 0 Å².